The summed E-state index contributed by atoms with van der Waals surface area (Å²) in [5.74, 6) is 0.0422. The lowest BCUT2D eigenvalue weighted by Crippen LogP contribution is -2.48. The molecule has 2 aromatic carbocycles. The van der Waals surface area contributed by atoms with Crippen LogP contribution in [0.1, 0.15) is 16.7 Å². The van der Waals surface area contributed by atoms with E-state index in [1.165, 1.54) is 16.8 Å². The smallest absolute Gasteiger partial charge is 0.246 e. The zero-order valence-corrected chi connectivity index (χ0v) is 15.5. The summed E-state index contributed by atoms with van der Waals surface area (Å²) >= 11 is 6.13. The fraction of sp³-hybridized carbons (Fsp3) is 0.286. The van der Waals surface area contributed by atoms with Crippen LogP contribution in [0.15, 0.2) is 48.5 Å². The molecule has 1 aliphatic heterocycles. The number of rotatable bonds is 3. The van der Waals surface area contributed by atoms with Crippen LogP contribution in [-0.4, -0.2) is 37.0 Å². The molecule has 0 aliphatic carbocycles. The first-order valence-corrected chi connectivity index (χ1v) is 8.97. The second-order valence-corrected chi connectivity index (χ2v) is 6.79. The van der Waals surface area contributed by atoms with Gasteiger partial charge in [0.1, 0.15) is 0 Å². The lowest BCUT2D eigenvalue weighted by Gasteiger charge is -2.36. The number of hydrogen-bond donors (Lipinski definition) is 0. The predicted molar refractivity (Wildman–Crippen MR) is 105 cm³/mol. The SMILES string of the molecule is Cc1cccc(N2CCN(C(=O)/C=C/c3ccccc3Cl)CC2)c1C. The summed E-state index contributed by atoms with van der Waals surface area (Å²) < 4.78 is 0. The summed E-state index contributed by atoms with van der Waals surface area (Å²) in [6.45, 7) is 7.48. The minimum Gasteiger partial charge on any atom is -0.368 e. The maximum Gasteiger partial charge on any atom is 0.246 e. The van der Waals surface area contributed by atoms with Crippen LogP contribution in [0.25, 0.3) is 6.08 Å². The van der Waals surface area contributed by atoms with Gasteiger partial charge in [-0.25, -0.2) is 0 Å². The van der Waals surface area contributed by atoms with Crippen LogP contribution in [0.2, 0.25) is 5.02 Å². The van der Waals surface area contributed by atoms with Crippen LogP contribution in [0, 0.1) is 13.8 Å². The number of anilines is 1. The van der Waals surface area contributed by atoms with Crippen LogP contribution in [0.4, 0.5) is 5.69 Å². The topological polar surface area (TPSA) is 23.6 Å². The third kappa shape index (κ3) is 4.05. The Balaban J connectivity index is 1.61. The van der Waals surface area contributed by atoms with E-state index in [-0.39, 0.29) is 5.91 Å². The average Bonchev–Trinajstić information content (AvgIpc) is 2.63. The maximum absolute atomic E-state index is 12.4. The van der Waals surface area contributed by atoms with Gasteiger partial charge < -0.3 is 9.80 Å². The highest BCUT2D eigenvalue weighted by Crippen LogP contribution is 2.24. The number of carbonyl (C=O) groups is 1. The van der Waals surface area contributed by atoms with Crippen molar-refractivity contribution in [1.29, 1.82) is 0 Å². The summed E-state index contributed by atoms with van der Waals surface area (Å²) in [5, 5.41) is 0.659. The van der Waals surface area contributed by atoms with Crippen molar-refractivity contribution in [2.24, 2.45) is 0 Å². The zero-order chi connectivity index (χ0) is 17.8. The van der Waals surface area contributed by atoms with Crippen molar-refractivity contribution < 1.29 is 4.79 Å². The molecule has 0 atom stereocenters. The zero-order valence-electron chi connectivity index (χ0n) is 14.7. The highest BCUT2D eigenvalue weighted by atomic mass is 35.5. The fourth-order valence-electron chi connectivity index (χ4n) is 3.12. The molecule has 3 rings (SSSR count). The van der Waals surface area contributed by atoms with Crippen molar-refractivity contribution in [3.8, 4) is 0 Å². The maximum atomic E-state index is 12.4. The number of nitrogens with zero attached hydrogens (tertiary/aromatic N) is 2. The Morgan fingerprint density at radius 2 is 1.72 bits per heavy atom. The van der Waals surface area contributed by atoms with Gasteiger partial charge in [0.05, 0.1) is 0 Å². The molecule has 4 heteroatoms. The van der Waals surface area contributed by atoms with Crippen molar-refractivity contribution in [1.82, 2.24) is 4.90 Å². The van der Waals surface area contributed by atoms with Gasteiger partial charge in [-0.1, -0.05) is 41.9 Å². The van der Waals surface area contributed by atoms with E-state index in [1.807, 2.05) is 29.2 Å². The Morgan fingerprint density at radius 3 is 2.44 bits per heavy atom. The van der Waals surface area contributed by atoms with Crippen molar-refractivity contribution in [3.05, 3.63) is 70.3 Å². The van der Waals surface area contributed by atoms with Crippen molar-refractivity contribution in [2.75, 3.05) is 31.1 Å². The van der Waals surface area contributed by atoms with E-state index in [9.17, 15) is 4.79 Å². The number of halogens is 1. The minimum atomic E-state index is 0.0422. The molecule has 0 unspecified atom stereocenters. The molecule has 1 saturated heterocycles. The molecule has 0 saturated carbocycles. The molecule has 0 radical (unpaired) electrons. The number of amides is 1. The molecule has 25 heavy (non-hydrogen) atoms. The lowest BCUT2D eigenvalue weighted by atomic mass is 10.1. The molecular formula is C21H23ClN2O. The highest BCUT2D eigenvalue weighted by Gasteiger charge is 2.21. The number of benzene rings is 2. The van der Waals surface area contributed by atoms with Gasteiger partial charge in [0.2, 0.25) is 5.91 Å². The lowest BCUT2D eigenvalue weighted by molar-refractivity contribution is -0.126. The number of piperazine rings is 1. The standard InChI is InChI=1S/C21H23ClN2O/c1-16-6-5-9-20(17(16)2)23-12-14-24(15-13-23)21(25)11-10-18-7-3-4-8-19(18)22/h3-11H,12-15H2,1-2H3/b11-10+. The van der Waals surface area contributed by atoms with Gasteiger partial charge in [-0.3, -0.25) is 4.79 Å². The van der Waals surface area contributed by atoms with Crippen LogP contribution in [-0.2, 0) is 4.79 Å². The third-order valence-electron chi connectivity index (χ3n) is 4.82. The molecule has 1 heterocycles. The molecule has 2 aromatic rings. The Morgan fingerprint density at radius 1 is 1.00 bits per heavy atom. The minimum absolute atomic E-state index is 0.0422. The average molecular weight is 355 g/mol. The Bertz CT molecular complexity index is 792. The van der Waals surface area contributed by atoms with Gasteiger partial charge >= 0.3 is 0 Å². The van der Waals surface area contributed by atoms with Gasteiger partial charge in [-0.05, 0) is 48.7 Å². The van der Waals surface area contributed by atoms with E-state index in [1.54, 1.807) is 12.2 Å². The Labute approximate surface area is 154 Å². The second-order valence-electron chi connectivity index (χ2n) is 6.39. The van der Waals surface area contributed by atoms with E-state index in [0.29, 0.717) is 5.02 Å². The van der Waals surface area contributed by atoms with Gasteiger partial charge in [0, 0.05) is 43.0 Å². The normalized spacial score (nSPS) is 15.0. The number of carbonyl (C=O) groups excluding carboxylic acids is 1. The summed E-state index contributed by atoms with van der Waals surface area (Å²) in [7, 11) is 0. The third-order valence-corrected chi connectivity index (χ3v) is 5.16. The van der Waals surface area contributed by atoms with E-state index >= 15 is 0 Å². The molecule has 1 aliphatic rings. The molecule has 1 amide bonds. The Kier molecular flexibility index (Phi) is 5.44. The van der Waals surface area contributed by atoms with E-state index < -0.39 is 0 Å². The molecule has 130 valence electrons. The van der Waals surface area contributed by atoms with Gasteiger partial charge in [0.25, 0.3) is 0 Å². The first-order chi connectivity index (χ1) is 12.1. The van der Waals surface area contributed by atoms with Gasteiger partial charge in [0.15, 0.2) is 0 Å². The second kappa shape index (κ2) is 7.75. The van der Waals surface area contributed by atoms with Crippen LogP contribution in [0.3, 0.4) is 0 Å². The molecule has 0 spiro atoms. The molecule has 1 fully saturated rings. The summed E-state index contributed by atoms with van der Waals surface area (Å²) in [5.41, 5.74) is 4.77. The van der Waals surface area contributed by atoms with Crippen molar-refractivity contribution >= 4 is 29.3 Å². The van der Waals surface area contributed by atoms with Gasteiger partial charge in [-0.15, -0.1) is 0 Å². The highest BCUT2D eigenvalue weighted by molar-refractivity contribution is 6.32. The van der Waals surface area contributed by atoms with Crippen LogP contribution >= 0.6 is 11.6 Å². The van der Waals surface area contributed by atoms with Crippen molar-refractivity contribution in [3.63, 3.8) is 0 Å². The monoisotopic (exact) mass is 354 g/mol. The predicted octanol–water partition coefficient (Wildman–Crippen LogP) is 4.32. The number of aryl methyl sites for hydroxylation is 1. The summed E-state index contributed by atoms with van der Waals surface area (Å²) in [4.78, 5) is 16.7. The molecule has 0 N–H and O–H groups in total. The quantitative estimate of drug-likeness (QED) is 0.766. The van der Waals surface area contributed by atoms with Crippen LogP contribution in [0.5, 0.6) is 0 Å². The van der Waals surface area contributed by atoms with Crippen molar-refractivity contribution in [2.45, 2.75) is 13.8 Å². The van der Waals surface area contributed by atoms with Crippen LogP contribution < -0.4 is 4.90 Å². The molecule has 3 nitrogen and oxygen atoms in total. The van der Waals surface area contributed by atoms with E-state index in [4.69, 9.17) is 11.6 Å². The molecule has 0 bridgehead atoms. The number of hydrogen-bond acceptors (Lipinski definition) is 2. The summed E-state index contributed by atoms with van der Waals surface area (Å²) in [6, 6.07) is 13.9. The fourth-order valence-corrected chi connectivity index (χ4v) is 3.32. The molecular weight excluding hydrogens is 332 g/mol. The largest absolute Gasteiger partial charge is 0.368 e. The van der Waals surface area contributed by atoms with E-state index in [2.05, 4.69) is 36.9 Å². The first kappa shape index (κ1) is 17.6. The Hall–Kier alpha value is -2.26. The van der Waals surface area contributed by atoms with E-state index in [0.717, 1.165) is 31.7 Å². The summed E-state index contributed by atoms with van der Waals surface area (Å²) in [6.07, 6.45) is 3.41. The first-order valence-electron chi connectivity index (χ1n) is 8.59. The molecule has 0 aromatic heterocycles. The van der Waals surface area contributed by atoms with Gasteiger partial charge in [-0.2, -0.15) is 0 Å².